The van der Waals surface area contributed by atoms with Crippen molar-refractivity contribution >= 4 is 21.1 Å². The number of hydrogen-bond donors (Lipinski definition) is 3. The van der Waals surface area contributed by atoms with Crippen LogP contribution in [0.2, 0.25) is 0 Å². The van der Waals surface area contributed by atoms with E-state index in [0.717, 1.165) is 25.3 Å². The Morgan fingerprint density at radius 1 is 1.22 bits per heavy atom. The Morgan fingerprint density at radius 2 is 1.93 bits per heavy atom. The fraction of sp³-hybridized carbons (Fsp3) is 0.588. The van der Waals surface area contributed by atoms with E-state index in [4.69, 9.17) is 0 Å². The lowest BCUT2D eigenvalue weighted by Gasteiger charge is -2.29. The van der Waals surface area contributed by atoms with Gasteiger partial charge in [-0.15, -0.1) is 0 Å². The van der Waals surface area contributed by atoms with Crippen molar-refractivity contribution in [1.82, 2.24) is 24.7 Å². The molecular formula is C17H24FN5O3S. The predicted octanol–water partition coefficient (Wildman–Crippen LogP) is 1.08. The maximum absolute atomic E-state index is 14.7. The zero-order valence-corrected chi connectivity index (χ0v) is 16.4. The lowest BCUT2D eigenvalue weighted by Crippen LogP contribution is -2.50. The van der Waals surface area contributed by atoms with Crippen molar-refractivity contribution in [3.05, 3.63) is 28.4 Å². The molecule has 2 fully saturated rings. The van der Waals surface area contributed by atoms with E-state index < -0.39 is 26.3 Å². The van der Waals surface area contributed by atoms with E-state index in [9.17, 15) is 17.6 Å². The molecule has 0 radical (unpaired) electrons. The van der Waals surface area contributed by atoms with Crippen LogP contribution in [0, 0.1) is 5.82 Å². The first kappa shape index (κ1) is 18.6. The molecule has 0 bridgehead atoms. The van der Waals surface area contributed by atoms with Crippen molar-refractivity contribution in [2.24, 2.45) is 7.05 Å². The van der Waals surface area contributed by atoms with Crippen molar-refractivity contribution in [2.75, 3.05) is 0 Å². The fourth-order valence-corrected chi connectivity index (χ4v) is 5.07. The van der Waals surface area contributed by atoms with Gasteiger partial charge >= 0.3 is 5.69 Å². The zero-order valence-electron chi connectivity index (χ0n) is 15.5. The van der Waals surface area contributed by atoms with Crippen molar-refractivity contribution in [3.63, 3.8) is 0 Å². The second-order valence-corrected chi connectivity index (χ2v) is 9.58. The molecular weight excluding hydrogens is 373 g/mol. The highest BCUT2D eigenvalue weighted by molar-refractivity contribution is 7.89. The van der Waals surface area contributed by atoms with E-state index in [1.807, 2.05) is 6.92 Å². The number of sulfonamides is 1. The first-order valence-electron chi connectivity index (χ1n) is 9.07. The first-order valence-corrected chi connectivity index (χ1v) is 10.6. The molecule has 3 N–H and O–H groups in total. The molecule has 2 atom stereocenters. The van der Waals surface area contributed by atoms with Gasteiger partial charge in [0.15, 0.2) is 0 Å². The van der Waals surface area contributed by atoms with Gasteiger partial charge in [-0.2, -0.15) is 0 Å². The number of halogens is 1. The molecule has 2 aliphatic rings. The van der Waals surface area contributed by atoms with Crippen LogP contribution < -0.4 is 21.3 Å². The van der Waals surface area contributed by atoms with E-state index in [0.29, 0.717) is 17.5 Å². The van der Waals surface area contributed by atoms with Crippen LogP contribution in [0.15, 0.2) is 21.8 Å². The number of nitrogens with zero attached hydrogens (tertiary/aromatic N) is 2. The number of nitrogens with one attached hydrogen (secondary N) is 3. The van der Waals surface area contributed by atoms with E-state index in [-0.39, 0.29) is 17.9 Å². The molecule has 2 heterocycles. The number of rotatable bonds is 4. The van der Waals surface area contributed by atoms with Crippen LogP contribution >= 0.6 is 0 Å². The summed E-state index contributed by atoms with van der Waals surface area (Å²) in [6, 6.07) is 2.65. The number of hydrogen-bond acceptors (Lipinski definition) is 5. The lowest BCUT2D eigenvalue weighted by molar-refractivity contribution is 0.232. The third-order valence-corrected chi connectivity index (χ3v) is 7.15. The second-order valence-electron chi connectivity index (χ2n) is 7.93. The van der Waals surface area contributed by atoms with Crippen molar-refractivity contribution < 1.29 is 12.8 Å². The minimum absolute atomic E-state index is 0.267. The molecule has 1 aliphatic carbocycles. The Bertz CT molecular complexity index is 1060. The Balaban J connectivity index is 1.85. The summed E-state index contributed by atoms with van der Waals surface area (Å²) >= 11 is 0. The standard InChI is InChI=1S/C17H24FN5O3S/c1-10-4-5-15(20-19-10)23-13-9-14(27(25,26)21-17(2)6-7-17)11(18)8-12(13)22(3)16(23)24/h8-10,15,19-21H,4-7H2,1-3H3. The number of imidazole rings is 1. The van der Waals surface area contributed by atoms with Gasteiger partial charge in [-0.3, -0.25) is 14.6 Å². The van der Waals surface area contributed by atoms with Crippen LogP contribution in [0.1, 0.15) is 45.7 Å². The van der Waals surface area contributed by atoms with Gasteiger partial charge in [-0.25, -0.2) is 27.8 Å². The van der Waals surface area contributed by atoms with Crippen LogP contribution in [0.4, 0.5) is 4.39 Å². The third-order valence-electron chi connectivity index (χ3n) is 5.49. The average molecular weight is 397 g/mol. The maximum atomic E-state index is 14.7. The van der Waals surface area contributed by atoms with E-state index in [2.05, 4.69) is 15.6 Å². The Kier molecular flexibility index (Phi) is 4.22. The molecule has 1 aromatic heterocycles. The van der Waals surface area contributed by atoms with Gasteiger partial charge in [0.2, 0.25) is 10.0 Å². The van der Waals surface area contributed by atoms with Crippen molar-refractivity contribution in [1.29, 1.82) is 0 Å². The highest BCUT2D eigenvalue weighted by atomic mass is 32.2. The molecule has 1 aliphatic heterocycles. The molecule has 1 saturated carbocycles. The molecule has 8 nitrogen and oxygen atoms in total. The summed E-state index contributed by atoms with van der Waals surface area (Å²) in [5.74, 6) is -0.865. The van der Waals surface area contributed by atoms with Crippen LogP contribution in [-0.4, -0.2) is 29.1 Å². The van der Waals surface area contributed by atoms with E-state index in [1.165, 1.54) is 15.2 Å². The number of hydrazine groups is 1. The van der Waals surface area contributed by atoms with Crippen LogP contribution in [-0.2, 0) is 17.1 Å². The first-order chi connectivity index (χ1) is 12.6. The highest BCUT2D eigenvalue weighted by Crippen LogP contribution is 2.36. The van der Waals surface area contributed by atoms with Gasteiger partial charge in [-0.1, -0.05) is 0 Å². The summed E-state index contributed by atoms with van der Waals surface area (Å²) in [6.45, 7) is 3.82. The maximum Gasteiger partial charge on any atom is 0.330 e. The topological polar surface area (TPSA) is 97.2 Å². The molecule has 0 spiro atoms. The Labute approximate surface area is 156 Å². The SMILES string of the molecule is CC1CCC(n2c(=O)n(C)c3cc(F)c(S(=O)(=O)NC4(C)CC4)cc32)NN1. The summed E-state index contributed by atoms with van der Waals surface area (Å²) in [6.07, 6.45) is 2.66. The summed E-state index contributed by atoms with van der Waals surface area (Å²) in [4.78, 5) is 12.3. The molecule has 4 rings (SSSR count). The Hall–Kier alpha value is -1.75. The van der Waals surface area contributed by atoms with Crippen LogP contribution in [0.25, 0.3) is 11.0 Å². The van der Waals surface area contributed by atoms with Crippen molar-refractivity contribution in [3.8, 4) is 0 Å². The van der Waals surface area contributed by atoms with Gasteiger partial charge in [0.05, 0.1) is 11.0 Å². The van der Waals surface area contributed by atoms with Gasteiger partial charge < -0.3 is 0 Å². The fourth-order valence-electron chi connectivity index (χ4n) is 3.52. The predicted molar refractivity (Wildman–Crippen MR) is 99.1 cm³/mol. The molecule has 1 saturated heterocycles. The minimum Gasteiger partial charge on any atom is -0.295 e. The quantitative estimate of drug-likeness (QED) is 0.718. The average Bonchev–Trinajstić information content (AvgIpc) is 3.26. The monoisotopic (exact) mass is 397 g/mol. The Morgan fingerprint density at radius 3 is 2.52 bits per heavy atom. The third kappa shape index (κ3) is 3.20. The summed E-state index contributed by atoms with van der Waals surface area (Å²) in [5, 5.41) is 0. The van der Waals surface area contributed by atoms with Gasteiger partial charge in [-0.05, 0) is 45.6 Å². The molecule has 27 heavy (non-hydrogen) atoms. The molecule has 10 heteroatoms. The molecule has 1 aromatic carbocycles. The highest BCUT2D eigenvalue weighted by Gasteiger charge is 2.42. The second kappa shape index (κ2) is 6.13. The minimum atomic E-state index is -4.02. The van der Waals surface area contributed by atoms with Gasteiger partial charge in [0.1, 0.15) is 16.9 Å². The zero-order chi connectivity index (χ0) is 19.6. The summed E-state index contributed by atoms with van der Waals surface area (Å²) < 4.78 is 45.4. The lowest BCUT2D eigenvalue weighted by atomic mass is 10.1. The molecule has 148 valence electrons. The smallest absolute Gasteiger partial charge is 0.295 e. The number of aromatic nitrogens is 2. The largest absolute Gasteiger partial charge is 0.330 e. The molecule has 2 unspecified atom stereocenters. The van der Waals surface area contributed by atoms with Gasteiger partial charge in [0.25, 0.3) is 0 Å². The van der Waals surface area contributed by atoms with Gasteiger partial charge in [0, 0.05) is 24.7 Å². The van der Waals surface area contributed by atoms with E-state index in [1.54, 1.807) is 14.0 Å². The van der Waals surface area contributed by atoms with Crippen LogP contribution in [0.3, 0.4) is 0 Å². The molecule has 2 aromatic rings. The van der Waals surface area contributed by atoms with Crippen LogP contribution in [0.5, 0.6) is 0 Å². The number of benzene rings is 1. The summed E-state index contributed by atoms with van der Waals surface area (Å²) in [5.41, 5.74) is 6.10. The summed E-state index contributed by atoms with van der Waals surface area (Å²) in [7, 11) is -2.47. The number of fused-ring (bicyclic) bond motifs is 1. The normalized spacial score (nSPS) is 25.0. The van der Waals surface area contributed by atoms with Crippen molar-refractivity contribution in [2.45, 2.75) is 62.2 Å². The van der Waals surface area contributed by atoms with E-state index >= 15 is 0 Å². The number of aryl methyl sites for hydroxylation is 1. The molecule has 0 amide bonds.